The molecule has 15 heteroatoms. The van der Waals surface area contributed by atoms with E-state index in [1.807, 2.05) is 0 Å². The van der Waals surface area contributed by atoms with E-state index in [4.69, 9.17) is 0 Å². The zero-order valence-corrected chi connectivity index (χ0v) is 26.8. The molecule has 0 unspecified atom stereocenters. The van der Waals surface area contributed by atoms with Crippen molar-refractivity contribution in [3.05, 3.63) is 59.7 Å². The summed E-state index contributed by atoms with van der Waals surface area (Å²) in [6.07, 6.45) is 10.1. The molecule has 0 heterocycles. The van der Waals surface area contributed by atoms with Crippen LogP contribution in [0.2, 0.25) is 0 Å². The first-order valence-corrected chi connectivity index (χ1v) is 18.3. The third kappa shape index (κ3) is 10.9. The van der Waals surface area contributed by atoms with Gasteiger partial charge in [-0.15, -0.1) is 0 Å². The number of nitrogens with one attached hydrogen (secondary N) is 6. The average molecular weight is 663 g/mol. The summed E-state index contributed by atoms with van der Waals surface area (Å²) in [5.41, 5.74) is 1.45. The zero-order chi connectivity index (χ0) is 32.3. The second-order valence-electron chi connectivity index (χ2n) is 11.5. The third-order valence-corrected chi connectivity index (χ3v) is 10.6. The SMILES string of the molecule is O=C(NCCc1ccc(S(=O)(=O)NC(=O)NC2CCCCC2)cc1)NCc1ccc(S(=O)(=O)NC(=O)NC2CCCCC2)cc1. The van der Waals surface area contributed by atoms with Crippen molar-refractivity contribution >= 4 is 38.1 Å². The molecule has 6 N–H and O–H groups in total. The Hall–Kier alpha value is -3.85. The second-order valence-corrected chi connectivity index (χ2v) is 14.8. The van der Waals surface area contributed by atoms with Crippen molar-refractivity contribution in [3.63, 3.8) is 0 Å². The molecule has 2 saturated carbocycles. The summed E-state index contributed by atoms with van der Waals surface area (Å²) in [7, 11) is -8.05. The lowest BCUT2D eigenvalue weighted by molar-refractivity contribution is 0.236. The Kier molecular flexibility index (Phi) is 12.0. The second kappa shape index (κ2) is 15.9. The van der Waals surface area contributed by atoms with E-state index in [-0.39, 0.29) is 35.0 Å². The average Bonchev–Trinajstić information content (AvgIpc) is 3.01. The first kappa shape index (κ1) is 34.0. The van der Waals surface area contributed by atoms with Crippen molar-refractivity contribution in [2.45, 2.75) is 99.0 Å². The van der Waals surface area contributed by atoms with Gasteiger partial charge in [-0.2, -0.15) is 0 Å². The highest BCUT2D eigenvalue weighted by Gasteiger charge is 2.22. The Morgan fingerprint density at radius 1 is 0.556 bits per heavy atom. The first-order valence-electron chi connectivity index (χ1n) is 15.4. The topological polar surface area (TPSA) is 192 Å². The minimum atomic E-state index is -4.04. The number of rotatable bonds is 11. The van der Waals surface area contributed by atoms with E-state index >= 15 is 0 Å². The molecule has 2 aromatic carbocycles. The molecule has 0 bridgehead atoms. The highest BCUT2D eigenvalue weighted by molar-refractivity contribution is 7.90. The molecule has 246 valence electrons. The Morgan fingerprint density at radius 3 is 1.42 bits per heavy atom. The predicted molar refractivity (Wildman–Crippen MR) is 168 cm³/mol. The van der Waals surface area contributed by atoms with Crippen LogP contribution in [0.4, 0.5) is 14.4 Å². The minimum Gasteiger partial charge on any atom is -0.338 e. The molecule has 2 aliphatic rings. The van der Waals surface area contributed by atoms with Gasteiger partial charge in [-0.05, 0) is 67.5 Å². The van der Waals surface area contributed by atoms with Crippen LogP contribution < -0.4 is 30.7 Å². The van der Waals surface area contributed by atoms with Gasteiger partial charge in [0.25, 0.3) is 20.0 Å². The van der Waals surface area contributed by atoms with Gasteiger partial charge >= 0.3 is 18.1 Å². The highest BCUT2D eigenvalue weighted by Crippen LogP contribution is 2.19. The summed E-state index contributed by atoms with van der Waals surface area (Å²) in [6, 6.07) is 9.98. The summed E-state index contributed by atoms with van der Waals surface area (Å²) >= 11 is 0. The van der Waals surface area contributed by atoms with Gasteiger partial charge in [-0.1, -0.05) is 62.8 Å². The number of amides is 6. The van der Waals surface area contributed by atoms with Gasteiger partial charge in [-0.3, -0.25) is 0 Å². The lowest BCUT2D eigenvalue weighted by atomic mass is 9.96. The molecule has 13 nitrogen and oxygen atoms in total. The van der Waals surface area contributed by atoms with E-state index in [1.165, 1.54) is 24.3 Å². The van der Waals surface area contributed by atoms with Crippen LogP contribution in [0.25, 0.3) is 0 Å². The monoisotopic (exact) mass is 662 g/mol. The highest BCUT2D eigenvalue weighted by atomic mass is 32.2. The molecule has 0 aromatic heterocycles. The van der Waals surface area contributed by atoms with E-state index in [2.05, 4.69) is 30.7 Å². The van der Waals surface area contributed by atoms with Crippen molar-refractivity contribution in [3.8, 4) is 0 Å². The van der Waals surface area contributed by atoms with Gasteiger partial charge in [0.05, 0.1) is 9.79 Å². The maximum atomic E-state index is 12.6. The van der Waals surface area contributed by atoms with Crippen LogP contribution in [0.5, 0.6) is 0 Å². The van der Waals surface area contributed by atoms with E-state index < -0.39 is 38.1 Å². The van der Waals surface area contributed by atoms with Crippen LogP contribution in [0.15, 0.2) is 58.3 Å². The largest absolute Gasteiger partial charge is 0.338 e. The maximum absolute atomic E-state index is 12.6. The van der Waals surface area contributed by atoms with Crippen LogP contribution in [0.1, 0.15) is 75.3 Å². The van der Waals surface area contributed by atoms with Gasteiger partial charge < -0.3 is 21.3 Å². The molecule has 0 radical (unpaired) electrons. The number of carbonyl (C=O) groups is 3. The van der Waals surface area contributed by atoms with Gasteiger partial charge in [0, 0.05) is 25.2 Å². The van der Waals surface area contributed by atoms with Crippen LogP contribution in [0, 0.1) is 0 Å². The fourth-order valence-corrected chi connectivity index (χ4v) is 7.30. The molecular weight excluding hydrogens is 620 g/mol. The van der Waals surface area contributed by atoms with E-state index in [1.54, 1.807) is 24.3 Å². The van der Waals surface area contributed by atoms with E-state index in [0.717, 1.165) is 69.8 Å². The molecule has 2 fully saturated rings. The Morgan fingerprint density at radius 2 is 0.978 bits per heavy atom. The Labute approximate surface area is 264 Å². The fraction of sp³-hybridized carbons (Fsp3) is 0.500. The van der Waals surface area contributed by atoms with Gasteiger partial charge in [0.1, 0.15) is 0 Å². The van der Waals surface area contributed by atoms with Crippen molar-refractivity contribution in [1.82, 2.24) is 30.7 Å². The van der Waals surface area contributed by atoms with Gasteiger partial charge in [-0.25, -0.2) is 40.7 Å². The molecule has 6 amide bonds. The molecule has 0 saturated heterocycles. The van der Waals surface area contributed by atoms with Gasteiger partial charge in [0.2, 0.25) is 0 Å². The fourth-order valence-electron chi connectivity index (χ4n) is 5.47. The Bertz CT molecular complexity index is 1520. The number of hydrogen-bond donors (Lipinski definition) is 6. The quantitative estimate of drug-likeness (QED) is 0.212. The van der Waals surface area contributed by atoms with Crippen LogP contribution in [0.3, 0.4) is 0 Å². The van der Waals surface area contributed by atoms with E-state index in [0.29, 0.717) is 12.0 Å². The summed E-state index contributed by atoms with van der Waals surface area (Å²) in [6.45, 7) is 0.432. The standard InChI is InChI=1S/C30H42N6O7S2/c37-28(32-21-23-13-17-27(18-14-23)45(42,43)36-30(39)34-25-9-5-2-6-10-25)31-20-19-22-11-15-26(16-12-22)44(40,41)35-29(38)33-24-7-3-1-4-8-24/h11-18,24-25H,1-10,19-21H2,(H2,31,32,37)(H2,33,35,38)(H2,34,36,39). The zero-order valence-electron chi connectivity index (χ0n) is 25.1. The molecule has 45 heavy (non-hydrogen) atoms. The summed E-state index contributed by atoms with van der Waals surface area (Å²) in [5, 5.41) is 10.9. The number of benzene rings is 2. The molecule has 4 rings (SSSR count). The molecule has 2 aromatic rings. The lowest BCUT2D eigenvalue weighted by Gasteiger charge is -2.22. The van der Waals surface area contributed by atoms with Crippen molar-refractivity contribution in [2.24, 2.45) is 0 Å². The van der Waals surface area contributed by atoms with Crippen LogP contribution in [-0.2, 0) is 33.0 Å². The summed E-state index contributed by atoms with van der Waals surface area (Å²) in [5.74, 6) is 0. The summed E-state index contributed by atoms with van der Waals surface area (Å²) < 4.78 is 54.4. The van der Waals surface area contributed by atoms with Crippen LogP contribution >= 0.6 is 0 Å². The third-order valence-electron chi connectivity index (χ3n) is 7.95. The normalized spacial score (nSPS) is 16.3. The molecule has 0 atom stereocenters. The number of hydrogen-bond acceptors (Lipinski definition) is 7. The van der Waals surface area contributed by atoms with Gasteiger partial charge in [0.15, 0.2) is 0 Å². The van der Waals surface area contributed by atoms with Crippen molar-refractivity contribution in [1.29, 1.82) is 0 Å². The number of carbonyl (C=O) groups excluding carboxylic acids is 3. The molecule has 0 spiro atoms. The number of urea groups is 3. The number of sulfonamides is 2. The first-order chi connectivity index (χ1) is 21.5. The van der Waals surface area contributed by atoms with Crippen molar-refractivity contribution < 1.29 is 31.2 Å². The molecule has 2 aliphatic carbocycles. The smallest absolute Gasteiger partial charge is 0.328 e. The van der Waals surface area contributed by atoms with E-state index in [9.17, 15) is 31.2 Å². The maximum Gasteiger partial charge on any atom is 0.328 e. The predicted octanol–water partition coefficient (Wildman–Crippen LogP) is 3.37. The summed E-state index contributed by atoms with van der Waals surface area (Å²) in [4.78, 5) is 36.5. The minimum absolute atomic E-state index is 0.0146. The van der Waals surface area contributed by atoms with Crippen molar-refractivity contribution in [2.75, 3.05) is 6.54 Å². The lowest BCUT2D eigenvalue weighted by Crippen LogP contribution is -2.45. The van der Waals surface area contributed by atoms with Crippen LogP contribution in [-0.4, -0.2) is 53.6 Å². The molecular formula is C30H42N6O7S2. The molecule has 0 aliphatic heterocycles. The Balaban J connectivity index is 1.15.